The molecule has 0 radical (unpaired) electrons. The van der Waals surface area contributed by atoms with Gasteiger partial charge in [0.2, 0.25) is 0 Å². The van der Waals surface area contributed by atoms with Crippen molar-refractivity contribution < 1.29 is 19.1 Å². The van der Waals surface area contributed by atoms with Gasteiger partial charge in [0, 0.05) is 5.56 Å². The van der Waals surface area contributed by atoms with Crippen molar-refractivity contribution in [3.8, 4) is 0 Å². The van der Waals surface area contributed by atoms with Crippen molar-refractivity contribution in [2.45, 2.75) is 13.8 Å². The fraction of sp³-hybridized carbons (Fsp3) is 0.211. The first-order valence-electron chi connectivity index (χ1n) is 8.12. The number of ether oxygens (including phenoxy) is 1. The summed E-state index contributed by atoms with van der Waals surface area (Å²) in [5.74, 6) is -1.78. The lowest BCUT2D eigenvalue weighted by atomic mass is 10.1. The minimum Gasteiger partial charge on any atom is -0.454 e. The van der Waals surface area contributed by atoms with E-state index >= 15 is 0 Å². The van der Waals surface area contributed by atoms with Crippen LogP contribution >= 0.6 is 34.8 Å². The molecule has 28 heavy (non-hydrogen) atoms. The number of aryl methyl sites for hydroxylation is 2. The summed E-state index contributed by atoms with van der Waals surface area (Å²) >= 11 is 17.6. The Labute approximate surface area is 177 Å². The molecule has 2 amide bonds. The molecule has 0 saturated heterocycles. The maximum atomic E-state index is 12.1. The summed E-state index contributed by atoms with van der Waals surface area (Å²) < 4.78 is 4.84. The number of esters is 1. The summed E-state index contributed by atoms with van der Waals surface area (Å²) in [4.78, 5) is 35.7. The van der Waals surface area contributed by atoms with Gasteiger partial charge in [0.1, 0.15) is 6.54 Å². The molecular formula is C19H17Cl3N2O4. The third-order valence-electron chi connectivity index (χ3n) is 3.53. The van der Waals surface area contributed by atoms with Gasteiger partial charge in [-0.1, -0.05) is 52.0 Å². The van der Waals surface area contributed by atoms with Gasteiger partial charge in [-0.2, -0.15) is 0 Å². The van der Waals surface area contributed by atoms with Gasteiger partial charge in [0.15, 0.2) is 6.61 Å². The van der Waals surface area contributed by atoms with Gasteiger partial charge in [-0.25, -0.2) is 0 Å². The average molecular weight is 444 g/mol. The smallest absolute Gasteiger partial charge is 0.325 e. The molecule has 0 atom stereocenters. The zero-order valence-corrected chi connectivity index (χ0v) is 17.3. The number of rotatable bonds is 6. The highest BCUT2D eigenvalue weighted by molar-refractivity contribution is 6.44. The van der Waals surface area contributed by atoms with Crippen molar-refractivity contribution in [3.05, 3.63) is 62.1 Å². The van der Waals surface area contributed by atoms with E-state index in [1.807, 2.05) is 19.9 Å². The number of nitrogens with one attached hydrogen (secondary N) is 2. The molecule has 0 heterocycles. The highest BCUT2D eigenvalue weighted by Crippen LogP contribution is 2.32. The highest BCUT2D eigenvalue weighted by Gasteiger charge is 2.13. The average Bonchev–Trinajstić information content (AvgIpc) is 2.61. The van der Waals surface area contributed by atoms with Gasteiger partial charge in [0.05, 0.1) is 20.8 Å². The molecule has 0 aliphatic heterocycles. The molecule has 2 aromatic rings. The van der Waals surface area contributed by atoms with E-state index in [0.717, 1.165) is 11.1 Å². The highest BCUT2D eigenvalue weighted by atomic mass is 35.5. The molecule has 0 spiro atoms. The van der Waals surface area contributed by atoms with E-state index in [9.17, 15) is 14.4 Å². The van der Waals surface area contributed by atoms with E-state index < -0.39 is 24.4 Å². The summed E-state index contributed by atoms with van der Waals surface area (Å²) in [6.07, 6.45) is 0. The molecule has 0 bridgehead atoms. The predicted molar refractivity (Wildman–Crippen MR) is 109 cm³/mol. The maximum absolute atomic E-state index is 12.1. The Bertz CT molecular complexity index is 911. The molecule has 6 nitrogen and oxygen atoms in total. The lowest BCUT2D eigenvalue weighted by Gasteiger charge is -2.10. The van der Waals surface area contributed by atoms with Crippen LogP contribution in [0.15, 0.2) is 30.3 Å². The second kappa shape index (κ2) is 9.78. The van der Waals surface area contributed by atoms with Crippen LogP contribution in [0, 0.1) is 13.8 Å². The maximum Gasteiger partial charge on any atom is 0.325 e. The van der Waals surface area contributed by atoms with Crippen LogP contribution in [0.1, 0.15) is 21.5 Å². The van der Waals surface area contributed by atoms with Crippen molar-refractivity contribution in [2.75, 3.05) is 18.5 Å². The van der Waals surface area contributed by atoms with Crippen molar-refractivity contribution in [3.63, 3.8) is 0 Å². The summed E-state index contributed by atoms with van der Waals surface area (Å²) in [6, 6.07) is 8.12. The van der Waals surface area contributed by atoms with Crippen LogP contribution in [-0.4, -0.2) is 30.9 Å². The summed E-state index contributed by atoms with van der Waals surface area (Å²) in [6.45, 7) is 2.83. The van der Waals surface area contributed by atoms with Crippen LogP contribution in [-0.2, 0) is 14.3 Å². The monoisotopic (exact) mass is 442 g/mol. The molecule has 2 N–H and O–H groups in total. The van der Waals surface area contributed by atoms with E-state index in [1.54, 1.807) is 12.1 Å². The standard InChI is InChI=1S/C19H17Cl3N2O4/c1-10-3-11(2)5-12(4-10)19(27)23-8-18(26)28-9-17(25)24-16-7-14(21)13(20)6-15(16)22/h3-7H,8-9H2,1-2H3,(H,23,27)(H,24,25). The topological polar surface area (TPSA) is 84.5 Å². The minimum absolute atomic E-state index is 0.190. The Morgan fingerprint density at radius 2 is 1.50 bits per heavy atom. The van der Waals surface area contributed by atoms with Gasteiger partial charge in [-0.05, 0) is 38.1 Å². The Hall–Kier alpha value is -2.28. The SMILES string of the molecule is Cc1cc(C)cc(C(=O)NCC(=O)OCC(=O)Nc2cc(Cl)c(Cl)cc2Cl)c1. The minimum atomic E-state index is -0.756. The van der Waals surface area contributed by atoms with Crippen LogP contribution in [0.5, 0.6) is 0 Å². The molecule has 9 heteroatoms. The largest absolute Gasteiger partial charge is 0.454 e. The molecule has 0 fully saturated rings. The lowest BCUT2D eigenvalue weighted by Crippen LogP contribution is -2.32. The van der Waals surface area contributed by atoms with E-state index in [4.69, 9.17) is 39.5 Å². The molecule has 0 saturated carbocycles. The van der Waals surface area contributed by atoms with Gasteiger partial charge in [0.25, 0.3) is 11.8 Å². The third kappa shape index (κ3) is 6.41. The zero-order chi connectivity index (χ0) is 20.8. The number of benzene rings is 2. The molecule has 0 unspecified atom stereocenters. The predicted octanol–water partition coefficient (Wildman–Crippen LogP) is 4.18. The Balaban J connectivity index is 1.81. The number of amides is 2. The lowest BCUT2D eigenvalue weighted by molar-refractivity contribution is -0.146. The first-order valence-corrected chi connectivity index (χ1v) is 9.25. The number of carbonyl (C=O) groups is 3. The van der Waals surface area contributed by atoms with Crippen molar-refractivity contribution in [2.24, 2.45) is 0 Å². The van der Waals surface area contributed by atoms with Gasteiger partial charge in [-0.15, -0.1) is 0 Å². The van der Waals surface area contributed by atoms with Crippen molar-refractivity contribution >= 4 is 58.3 Å². The van der Waals surface area contributed by atoms with Crippen LogP contribution in [0.2, 0.25) is 15.1 Å². The van der Waals surface area contributed by atoms with Gasteiger partial charge in [-0.3, -0.25) is 14.4 Å². The van der Waals surface area contributed by atoms with Crippen LogP contribution < -0.4 is 10.6 Å². The normalized spacial score (nSPS) is 10.3. The van der Waals surface area contributed by atoms with E-state index in [2.05, 4.69) is 10.6 Å². The number of hydrogen-bond acceptors (Lipinski definition) is 4. The first kappa shape index (κ1) is 22.0. The molecule has 0 aliphatic carbocycles. The summed E-state index contributed by atoms with van der Waals surface area (Å²) in [7, 11) is 0. The molecule has 148 valence electrons. The van der Waals surface area contributed by atoms with Crippen LogP contribution in [0.3, 0.4) is 0 Å². The first-order chi connectivity index (χ1) is 13.2. The summed E-state index contributed by atoms with van der Waals surface area (Å²) in [5.41, 5.74) is 2.55. The van der Waals surface area contributed by atoms with Crippen LogP contribution in [0.25, 0.3) is 0 Å². The fourth-order valence-corrected chi connectivity index (χ4v) is 2.96. The Morgan fingerprint density at radius 3 is 2.14 bits per heavy atom. The van der Waals surface area contributed by atoms with E-state index in [-0.39, 0.29) is 27.3 Å². The Morgan fingerprint density at radius 1 is 0.893 bits per heavy atom. The zero-order valence-electron chi connectivity index (χ0n) is 15.1. The number of carbonyl (C=O) groups excluding carboxylic acids is 3. The van der Waals surface area contributed by atoms with E-state index in [0.29, 0.717) is 5.56 Å². The quantitative estimate of drug-likeness (QED) is 0.518. The summed E-state index contributed by atoms with van der Waals surface area (Å²) in [5, 5.41) is 5.56. The fourth-order valence-electron chi connectivity index (χ4n) is 2.36. The van der Waals surface area contributed by atoms with Crippen molar-refractivity contribution in [1.29, 1.82) is 0 Å². The second-order valence-electron chi connectivity index (χ2n) is 6.01. The molecule has 0 aromatic heterocycles. The van der Waals surface area contributed by atoms with Gasteiger partial charge < -0.3 is 15.4 Å². The van der Waals surface area contributed by atoms with Crippen molar-refractivity contribution in [1.82, 2.24) is 5.32 Å². The molecular weight excluding hydrogens is 427 g/mol. The molecule has 2 aromatic carbocycles. The Kier molecular flexibility index (Phi) is 7.69. The molecule has 0 aliphatic rings. The molecule has 2 rings (SSSR count). The van der Waals surface area contributed by atoms with E-state index in [1.165, 1.54) is 12.1 Å². The third-order valence-corrected chi connectivity index (χ3v) is 4.56. The number of anilines is 1. The van der Waals surface area contributed by atoms with Gasteiger partial charge >= 0.3 is 5.97 Å². The number of hydrogen-bond donors (Lipinski definition) is 2. The second-order valence-corrected chi connectivity index (χ2v) is 7.24. The number of halogens is 3. The van der Waals surface area contributed by atoms with Crippen LogP contribution in [0.4, 0.5) is 5.69 Å².